The fourth-order valence-corrected chi connectivity index (χ4v) is 2.40. The van der Waals surface area contributed by atoms with E-state index in [9.17, 15) is 9.59 Å². The minimum Gasteiger partial charge on any atom is -0.467 e. The van der Waals surface area contributed by atoms with E-state index in [0.29, 0.717) is 6.42 Å². The first kappa shape index (κ1) is 12.4. The van der Waals surface area contributed by atoms with E-state index in [2.05, 4.69) is 10.1 Å². The molecule has 0 radical (unpaired) electrons. The van der Waals surface area contributed by atoms with Gasteiger partial charge in [0.15, 0.2) is 5.54 Å². The molecule has 0 spiro atoms. The summed E-state index contributed by atoms with van der Waals surface area (Å²) in [4.78, 5) is 23.5. The summed E-state index contributed by atoms with van der Waals surface area (Å²) in [6.45, 7) is 0. The predicted octanol–water partition coefficient (Wildman–Crippen LogP) is 1.36. The van der Waals surface area contributed by atoms with Crippen molar-refractivity contribution in [2.75, 3.05) is 14.2 Å². The number of rotatable bonds is 2. The van der Waals surface area contributed by atoms with Crippen molar-refractivity contribution >= 4 is 12.1 Å². The lowest BCUT2D eigenvalue weighted by atomic mass is 9.92. The number of ether oxygens (including phenoxy) is 2. The van der Waals surface area contributed by atoms with E-state index in [-0.39, 0.29) is 0 Å². The molecule has 0 aliphatic heterocycles. The van der Waals surface area contributed by atoms with Crippen LogP contribution in [-0.2, 0) is 26.2 Å². The van der Waals surface area contributed by atoms with E-state index >= 15 is 0 Å². The molecule has 2 rings (SSSR count). The van der Waals surface area contributed by atoms with Crippen molar-refractivity contribution in [3.8, 4) is 0 Å². The predicted molar refractivity (Wildman–Crippen MR) is 64.0 cm³/mol. The van der Waals surface area contributed by atoms with Gasteiger partial charge in [-0.3, -0.25) is 0 Å². The zero-order valence-electron chi connectivity index (χ0n) is 10.4. The third-order valence-electron chi connectivity index (χ3n) is 3.28. The number of hydrogen-bond acceptors (Lipinski definition) is 4. The normalized spacial score (nSPS) is 21.0. The molecule has 5 nitrogen and oxygen atoms in total. The average molecular weight is 249 g/mol. The molecule has 1 aliphatic carbocycles. The van der Waals surface area contributed by atoms with Gasteiger partial charge in [0.05, 0.1) is 14.2 Å². The minimum absolute atomic E-state index is 0.474. The number of hydrogen-bond donors (Lipinski definition) is 1. The second-order valence-corrected chi connectivity index (χ2v) is 4.17. The summed E-state index contributed by atoms with van der Waals surface area (Å²) in [7, 11) is 2.57. The monoisotopic (exact) mass is 249 g/mol. The number of nitrogens with one attached hydrogen (secondary N) is 1. The summed E-state index contributed by atoms with van der Waals surface area (Å²) in [6, 6.07) is 7.51. The molecule has 0 fully saturated rings. The van der Waals surface area contributed by atoms with E-state index in [1.54, 1.807) is 0 Å². The second kappa shape index (κ2) is 4.68. The van der Waals surface area contributed by atoms with Gasteiger partial charge in [0, 0.05) is 0 Å². The van der Waals surface area contributed by atoms with Crippen LogP contribution in [0.5, 0.6) is 0 Å². The molecule has 0 aromatic heterocycles. The molecule has 1 aromatic carbocycles. The highest BCUT2D eigenvalue weighted by Gasteiger charge is 2.47. The second-order valence-electron chi connectivity index (χ2n) is 4.17. The van der Waals surface area contributed by atoms with Gasteiger partial charge >= 0.3 is 12.1 Å². The van der Waals surface area contributed by atoms with Crippen molar-refractivity contribution in [2.45, 2.75) is 18.4 Å². The molecule has 18 heavy (non-hydrogen) atoms. The molecule has 1 atom stereocenters. The molecular weight excluding hydrogens is 234 g/mol. The molecule has 0 saturated heterocycles. The number of carbonyl (C=O) groups excluding carboxylic acids is 2. The summed E-state index contributed by atoms with van der Waals surface area (Å²) in [6.07, 6.45) is 0.556. The van der Waals surface area contributed by atoms with Gasteiger partial charge in [-0.25, -0.2) is 9.59 Å². The number of amides is 1. The van der Waals surface area contributed by atoms with Crippen molar-refractivity contribution in [1.29, 1.82) is 0 Å². The number of esters is 1. The lowest BCUT2D eigenvalue weighted by Gasteiger charge is -2.27. The molecule has 5 heteroatoms. The summed E-state index contributed by atoms with van der Waals surface area (Å²) in [5, 5.41) is 2.61. The van der Waals surface area contributed by atoms with Crippen LogP contribution in [0.1, 0.15) is 17.5 Å². The summed E-state index contributed by atoms with van der Waals surface area (Å²) in [5.74, 6) is -0.474. The number of carbonyl (C=O) groups is 2. The Morgan fingerprint density at radius 1 is 1.22 bits per heavy atom. The number of alkyl carbamates (subject to hydrolysis) is 1. The molecular formula is C13H15NO4. The molecule has 1 amide bonds. The lowest BCUT2D eigenvalue weighted by molar-refractivity contribution is -0.148. The Hall–Kier alpha value is -2.04. The van der Waals surface area contributed by atoms with Gasteiger partial charge in [-0.15, -0.1) is 0 Å². The Labute approximate surface area is 105 Å². The van der Waals surface area contributed by atoms with Gasteiger partial charge in [-0.1, -0.05) is 24.3 Å². The standard InChI is InChI=1S/C13H15NO4/c1-17-11(15)13(14-12(16)18-2)8-7-9-5-3-4-6-10(9)13/h3-6H,7-8H2,1-2H3,(H,14,16)/t13-/m0/s1. The van der Waals surface area contributed by atoms with Crippen LogP contribution < -0.4 is 5.32 Å². The van der Waals surface area contributed by atoms with Gasteiger partial charge in [-0.2, -0.15) is 0 Å². The number of fused-ring (bicyclic) bond motifs is 1. The van der Waals surface area contributed by atoms with E-state index in [1.165, 1.54) is 14.2 Å². The molecule has 1 aromatic rings. The maximum atomic E-state index is 12.1. The van der Waals surface area contributed by atoms with Gasteiger partial charge < -0.3 is 14.8 Å². The summed E-state index contributed by atoms with van der Waals surface area (Å²) >= 11 is 0. The van der Waals surface area contributed by atoms with E-state index in [0.717, 1.165) is 17.5 Å². The first-order valence-corrected chi connectivity index (χ1v) is 5.67. The van der Waals surface area contributed by atoms with Gasteiger partial charge in [0.25, 0.3) is 0 Å². The van der Waals surface area contributed by atoms with Crippen molar-refractivity contribution in [1.82, 2.24) is 5.32 Å². The molecule has 0 heterocycles. The first-order chi connectivity index (χ1) is 8.64. The van der Waals surface area contributed by atoms with Crippen molar-refractivity contribution in [2.24, 2.45) is 0 Å². The lowest BCUT2D eigenvalue weighted by Crippen LogP contribution is -2.51. The minimum atomic E-state index is -1.13. The van der Waals surface area contributed by atoms with Crippen LogP contribution in [0.25, 0.3) is 0 Å². The Bertz CT molecular complexity index is 486. The zero-order chi connectivity index (χ0) is 13.2. The number of aryl methyl sites for hydroxylation is 1. The fraction of sp³-hybridized carbons (Fsp3) is 0.385. The third kappa shape index (κ3) is 1.81. The quantitative estimate of drug-likeness (QED) is 0.804. The van der Waals surface area contributed by atoms with Gasteiger partial charge in [-0.05, 0) is 24.0 Å². The van der Waals surface area contributed by atoms with E-state index in [4.69, 9.17) is 4.74 Å². The smallest absolute Gasteiger partial charge is 0.408 e. The van der Waals surface area contributed by atoms with Crippen LogP contribution in [0.4, 0.5) is 4.79 Å². The highest BCUT2D eigenvalue weighted by molar-refractivity contribution is 5.88. The van der Waals surface area contributed by atoms with Crippen molar-refractivity contribution in [3.05, 3.63) is 35.4 Å². The zero-order valence-corrected chi connectivity index (χ0v) is 10.4. The van der Waals surface area contributed by atoms with Crippen LogP contribution >= 0.6 is 0 Å². The summed E-state index contributed by atoms with van der Waals surface area (Å²) < 4.78 is 9.42. The Balaban J connectivity index is 2.45. The third-order valence-corrected chi connectivity index (χ3v) is 3.28. The summed E-state index contributed by atoms with van der Waals surface area (Å²) in [5.41, 5.74) is 0.694. The van der Waals surface area contributed by atoms with Crippen molar-refractivity contribution in [3.63, 3.8) is 0 Å². The van der Waals surface area contributed by atoms with Crippen LogP contribution in [0.3, 0.4) is 0 Å². The average Bonchev–Trinajstić information content (AvgIpc) is 2.78. The van der Waals surface area contributed by atoms with Crippen LogP contribution in [0, 0.1) is 0 Å². The van der Waals surface area contributed by atoms with Crippen molar-refractivity contribution < 1.29 is 19.1 Å². The Kier molecular flexibility index (Phi) is 3.23. The Morgan fingerprint density at radius 3 is 2.61 bits per heavy atom. The Morgan fingerprint density at radius 2 is 1.94 bits per heavy atom. The number of methoxy groups -OCH3 is 2. The topological polar surface area (TPSA) is 64.6 Å². The molecule has 96 valence electrons. The van der Waals surface area contributed by atoms with Crippen LogP contribution in [0.15, 0.2) is 24.3 Å². The fourth-order valence-electron chi connectivity index (χ4n) is 2.40. The molecule has 0 saturated carbocycles. The highest BCUT2D eigenvalue weighted by Crippen LogP contribution is 2.37. The maximum Gasteiger partial charge on any atom is 0.408 e. The van der Waals surface area contributed by atoms with Gasteiger partial charge in [0.2, 0.25) is 0 Å². The first-order valence-electron chi connectivity index (χ1n) is 5.67. The maximum absolute atomic E-state index is 12.1. The molecule has 1 N–H and O–H groups in total. The van der Waals surface area contributed by atoms with Crippen LogP contribution in [0.2, 0.25) is 0 Å². The molecule has 1 aliphatic rings. The number of benzene rings is 1. The molecule has 0 unspecified atom stereocenters. The van der Waals surface area contributed by atoms with Gasteiger partial charge in [0.1, 0.15) is 0 Å². The highest BCUT2D eigenvalue weighted by atomic mass is 16.5. The van der Waals surface area contributed by atoms with E-state index in [1.807, 2.05) is 24.3 Å². The SMILES string of the molecule is COC(=O)N[C@@]1(C(=O)OC)CCc2ccccc21. The molecule has 0 bridgehead atoms. The van der Waals surface area contributed by atoms with E-state index < -0.39 is 17.6 Å². The van der Waals surface area contributed by atoms with Crippen LogP contribution in [-0.4, -0.2) is 26.3 Å². The largest absolute Gasteiger partial charge is 0.467 e.